The van der Waals surface area contributed by atoms with Gasteiger partial charge >= 0.3 is 5.97 Å². The predicted molar refractivity (Wildman–Crippen MR) is 78.9 cm³/mol. The maximum atomic E-state index is 11.8. The van der Waals surface area contributed by atoms with Gasteiger partial charge in [0.25, 0.3) is 0 Å². The van der Waals surface area contributed by atoms with Gasteiger partial charge in [0.2, 0.25) is 5.91 Å². The Kier molecular flexibility index (Phi) is 4.98. The first kappa shape index (κ1) is 15.1. The van der Waals surface area contributed by atoms with E-state index >= 15 is 0 Å². The maximum Gasteiger partial charge on any atom is 0.306 e. The molecule has 112 valence electrons. The second-order valence-corrected chi connectivity index (χ2v) is 5.16. The molecule has 1 aromatic carbocycles. The number of carbonyl (C=O) groups excluding carboxylic acids is 1. The summed E-state index contributed by atoms with van der Waals surface area (Å²) in [6.07, 6.45) is 5.02. The number of benzene rings is 1. The summed E-state index contributed by atoms with van der Waals surface area (Å²) in [5.41, 5.74) is 0.874. The van der Waals surface area contributed by atoms with Crippen molar-refractivity contribution >= 4 is 18.0 Å². The second kappa shape index (κ2) is 6.92. The lowest BCUT2D eigenvalue weighted by Crippen LogP contribution is -2.31. The molecule has 0 saturated heterocycles. The van der Waals surface area contributed by atoms with Crippen LogP contribution in [0.3, 0.4) is 0 Å². The number of ether oxygens (including phenoxy) is 1. The van der Waals surface area contributed by atoms with Crippen molar-refractivity contribution in [2.75, 3.05) is 7.11 Å². The number of hydrogen-bond acceptors (Lipinski definition) is 3. The minimum atomic E-state index is -0.779. The molecule has 2 rings (SSSR count). The Balaban J connectivity index is 1.87. The van der Waals surface area contributed by atoms with Crippen LogP contribution in [-0.4, -0.2) is 30.1 Å². The molecule has 1 aliphatic carbocycles. The lowest BCUT2D eigenvalue weighted by molar-refractivity contribution is -0.141. The Morgan fingerprint density at radius 3 is 2.86 bits per heavy atom. The molecule has 0 spiro atoms. The van der Waals surface area contributed by atoms with Gasteiger partial charge in [0.1, 0.15) is 5.75 Å². The van der Waals surface area contributed by atoms with Crippen molar-refractivity contribution in [3.05, 3.63) is 35.9 Å². The number of hydrogen-bond donors (Lipinski definition) is 2. The number of aliphatic carboxylic acids is 1. The summed E-state index contributed by atoms with van der Waals surface area (Å²) in [4.78, 5) is 22.7. The number of carboxylic acids is 1. The van der Waals surface area contributed by atoms with Crippen LogP contribution in [-0.2, 0) is 9.59 Å². The van der Waals surface area contributed by atoms with Gasteiger partial charge in [0.05, 0.1) is 13.0 Å². The number of rotatable bonds is 5. The molecule has 5 nitrogen and oxygen atoms in total. The van der Waals surface area contributed by atoms with Crippen LogP contribution in [0.5, 0.6) is 5.75 Å². The van der Waals surface area contributed by atoms with Crippen molar-refractivity contribution in [1.29, 1.82) is 0 Å². The van der Waals surface area contributed by atoms with Crippen LogP contribution < -0.4 is 10.1 Å². The molecule has 5 heteroatoms. The molecule has 0 radical (unpaired) electrons. The van der Waals surface area contributed by atoms with Gasteiger partial charge in [-0.25, -0.2) is 0 Å². The number of nitrogens with one attached hydrogen (secondary N) is 1. The highest BCUT2D eigenvalue weighted by Crippen LogP contribution is 2.25. The molecule has 2 N–H and O–H groups in total. The molecule has 1 aliphatic rings. The third-order valence-electron chi connectivity index (χ3n) is 3.65. The first-order chi connectivity index (χ1) is 10.1. The Labute approximate surface area is 123 Å². The second-order valence-electron chi connectivity index (χ2n) is 5.16. The lowest BCUT2D eigenvalue weighted by Gasteiger charge is -2.10. The van der Waals surface area contributed by atoms with E-state index in [1.807, 2.05) is 24.3 Å². The summed E-state index contributed by atoms with van der Waals surface area (Å²) in [6, 6.07) is 7.35. The zero-order valence-corrected chi connectivity index (χ0v) is 11.9. The van der Waals surface area contributed by atoms with Crippen LogP contribution >= 0.6 is 0 Å². The summed E-state index contributed by atoms with van der Waals surface area (Å²) >= 11 is 0. The van der Waals surface area contributed by atoms with Gasteiger partial charge < -0.3 is 15.2 Å². The van der Waals surface area contributed by atoms with Crippen molar-refractivity contribution in [2.45, 2.75) is 25.3 Å². The third-order valence-corrected chi connectivity index (χ3v) is 3.65. The van der Waals surface area contributed by atoms with E-state index in [0.29, 0.717) is 12.8 Å². The lowest BCUT2D eigenvalue weighted by atomic mass is 10.1. The molecule has 0 unspecified atom stereocenters. The van der Waals surface area contributed by atoms with Crippen LogP contribution in [0.2, 0.25) is 0 Å². The quantitative estimate of drug-likeness (QED) is 0.814. The largest absolute Gasteiger partial charge is 0.497 e. The van der Waals surface area contributed by atoms with Crippen molar-refractivity contribution in [3.8, 4) is 5.75 Å². The standard InChI is InChI=1S/C16H19NO4/c1-21-14-4-2-3-11(9-14)5-8-15(18)17-13-7-6-12(10-13)16(19)20/h2-5,8-9,12-13H,6-7,10H2,1H3,(H,17,18)(H,19,20)/b8-5+/t12-,13+/m1/s1. The van der Waals surface area contributed by atoms with Crippen molar-refractivity contribution < 1.29 is 19.4 Å². The number of methoxy groups -OCH3 is 1. The molecule has 0 bridgehead atoms. The Morgan fingerprint density at radius 1 is 1.38 bits per heavy atom. The molecular formula is C16H19NO4. The van der Waals surface area contributed by atoms with E-state index < -0.39 is 5.97 Å². The topological polar surface area (TPSA) is 75.6 Å². The van der Waals surface area contributed by atoms with Crippen molar-refractivity contribution in [3.63, 3.8) is 0 Å². The van der Waals surface area contributed by atoms with E-state index in [4.69, 9.17) is 9.84 Å². The van der Waals surface area contributed by atoms with Crippen LogP contribution in [0.4, 0.5) is 0 Å². The van der Waals surface area contributed by atoms with E-state index in [1.165, 1.54) is 6.08 Å². The van der Waals surface area contributed by atoms with E-state index in [2.05, 4.69) is 5.32 Å². The van der Waals surface area contributed by atoms with E-state index in [9.17, 15) is 9.59 Å². The van der Waals surface area contributed by atoms with Gasteiger partial charge in [0, 0.05) is 12.1 Å². The maximum absolute atomic E-state index is 11.8. The number of carbonyl (C=O) groups is 2. The van der Waals surface area contributed by atoms with Gasteiger partial charge in [-0.2, -0.15) is 0 Å². The van der Waals surface area contributed by atoms with Gasteiger partial charge in [-0.15, -0.1) is 0 Å². The van der Waals surface area contributed by atoms with E-state index in [0.717, 1.165) is 17.7 Å². The fourth-order valence-electron chi connectivity index (χ4n) is 2.50. The fourth-order valence-corrected chi connectivity index (χ4v) is 2.50. The minimum Gasteiger partial charge on any atom is -0.497 e. The number of amides is 1. The highest BCUT2D eigenvalue weighted by molar-refractivity contribution is 5.92. The van der Waals surface area contributed by atoms with Gasteiger partial charge in [-0.1, -0.05) is 12.1 Å². The van der Waals surface area contributed by atoms with Crippen LogP contribution in [0, 0.1) is 5.92 Å². The highest BCUT2D eigenvalue weighted by Gasteiger charge is 2.30. The molecule has 1 aromatic rings. The highest BCUT2D eigenvalue weighted by atomic mass is 16.5. The monoisotopic (exact) mass is 289 g/mol. The Morgan fingerprint density at radius 2 is 2.19 bits per heavy atom. The molecule has 0 aromatic heterocycles. The first-order valence-corrected chi connectivity index (χ1v) is 6.94. The molecule has 1 fully saturated rings. The summed E-state index contributed by atoms with van der Waals surface area (Å²) in [5.74, 6) is -0.581. The SMILES string of the molecule is COc1cccc(/C=C/C(=O)N[C@H]2CC[C@@H](C(=O)O)C2)c1. The van der Waals surface area contributed by atoms with Gasteiger partial charge in [-0.3, -0.25) is 9.59 Å². The van der Waals surface area contributed by atoms with Crippen LogP contribution in [0.1, 0.15) is 24.8 Å². The molecule has 0 aliphatic heterocycles. The minimum absolute atomic E-state index is 0.0476. The number of carboxylic acid groups (broad SMARTS) is 1. The molecule has 0 heterocycles. The molecular weight excluding hydrogens is 270 g/mol. The summed E-state index contributed by atoms with van der Waals surface area (Å²) in [5, 5.41) is 11.8. The first-order valence-electron chi connectivity index (χ1n) is 6.94. The van der Waals surface area contributed by atoms with Crippen LogP contribution in [0.25, 0.3) is 6.08 Å². The zero-order valence-electron chi connectivity index (χ0n) is 11.9. The molecule has 21 heavy (non-hydrogen) atoms. The summed E-state index contributed by atoms with van der Waals surface area (Å²) in [6.45, 7) is 0. The van der Waals surface area contributed by atoms with Crippen molar-refractivity contribution in [1.82, 2.24) is 5.32 Å². The fraction of sp³-hybridized carbons (Fsp3) is 0.375. The molecule has 2 atom stereocenters. The Hall–Kier alpha value is -2.30. The van der Waals surface area contributed by atoms with E-state index in [1.54, 1.807) is 13.2 Å². The molecule has 1 saturated carbocycles. The predicted octanol–water partition coefficient (Wildman–Crippen LogP) is 2.08. The van der Waals surface area contributed by atoms with Gasteiger partial charge in [0.15, 0.2) is 0 Å². The molecule has 1 amide bonds. The van der Waals surface area contributed by atoms with E-state index in [-0.39, 0.29) is 17.9 Å². The zero-order chi connectivity index (χ0) is 15.2. The van der Waals surface area contributed by atoms with Crippen LogP contribution in [0.15, 0.2) is 30.3 Å². The van der Waals surface area contributed by atoms with Crippen molar-refractivity contribution in [2.24, 2.45) is 5.92 Å². The smallest absolute Gasteiger partial charge is 0.306 e. The summed E-state index contributed by atoms with van der Waals surface area (Å²) < 4.78 is 5.11. The summed E-state index contributed by atoms with van der Waals surface area (Å²) in [7, 11) is 1.59. The normalized spacial score (nSPS) is 21.4. The van der Waals surface area contributed by atoms with Gasteiger partial charge in [-0.05, 0) is 43.0 Å². The average molecular weight is 289 g/mol. The third kappa shape index (κ3) is 4.34. The average Bonchev–Trinajstić information content (AvgIpc) is 2.94. The Bertz CT molecular complexity index is 553.